The molecule has 2 aromatic rings. The molecule has 0 saturated carbocycles. The highest BCUT2D eigenvalue weighted by Gasteiger charge is 2.21. The highest BCUT2D eigenvalue weighted by molar-refractivity contribution is 5.77. The van der Waals surface area contributed by atoms with Crippen LogP contribution in [0.15, 0.2) is 30.5 Å². The van der Waals surface area contributed by atoms with Crippen molar-refractivity contribution in [1.29, 1.82) is 0 Å². The Morgan fingerprint density at radius 3 is 2.44 bits per heavy atom. The minimum absolute atomic E-state index is 0.132. The molecule has 0 atom stereocenters. The molecule has 0 radical (unpaired) electrons. The molecule has 0 spiro atoms. The van der Waals surface area contributed by atoms with Gasteiger partial charge in [0.05, 0.1) is 18.4 Å². The minimum Gasteiger partial charge on any atom is -0.348 e. The van der Waals surface area contributed by atoms with E-state index in [1.165, 1.54) is 5.56 Å². The first-order chi connectivity index (χ1) is 12.0. The number of rotatable bonds is 4. The largest absolute Gasteiger partial charge is 0.348 e. The number of anilines is 1. The summed E-state index contributed by atoms with van der Waals surface area (Å²) in [6.07, 6.45) is 1.69. The van der Waals surface area contributed by atoms with Crippen LogP contribution < -0.4 is 4.90 Å². The standard InChI is InChI=1S/C18H24N6O/c1-14-4-6-15(7-5-14)16-12-19-21-18(20-16)24-10-8-23(9-11-24)13-17(25)22(2)3/h4-7,12H,8-11,13H2,1-3H3. The van der Waals surface area contributed by atoms with Crippen molar-refractivity contribution in [2.75, 3.05) is 51.7 Å². The molecule has 1 aliphatic heterocycles. The molecule has 0 bridgehead atoms. The van der Waals surface area contributed by atoms with Gasteiger partial charge < -0.3 is 9.80 Å². The second-order valence-electron chi connectivity index (χ2n) is 6.56. The van der Waals surface area contributed by atoms with Crippen LogP contribution in [0.4, 0.5) is 5.95 Å². The van der Waals surface area contributed by atoms with E-state index in [4.69, 9.17) is 0 Å². The van der Waals surface area contributed by atoms with E-state index in [0.29, 0.717) is 12.5 Å². The Kier molecular flexibility index (Phi) is 5.23. The maximum atomic E-state index is 11.8. The number of likely N-dealkylation sites (N-methyl/N-ethyl adjacent to an activating group) is 1. The summed E-state index contributed by atoms with van der Waals surface area (Å²) in [4.78, 5) is 22.4. The second-order valence-corrected chi connectivity index (χ2v) is 6.56. The van der Waals surface area contributed by atoms with E-state index in [9.17, 15) is 4.79 Å². The number of aryl methyl sites for hydroxylation is 1. The number of carbonyl (C=O) groups is 1. The molecule has 132 valence electrons. The van der Waals surface area contributed by atoms with Crippen molar-refractivity contribution in [2.45, 2.75) is 6.92 Å². The Morgan fingerprint density at radius 2 is 1.80 bits per heavy atom. The molecule has 1 aliphatic rings. The Labute approximate surface area is 148 Å². The number of carbonyl (C=O) groups excluding carboxylic acids is 1. The number of hydrogen-bond acceptors (Lipinski definition) is 6. The van der Waals surface area contributed by atoms with Gasteiger partial charge in [-0.3, -0.25) is 9.69 Å². The zero-order valence-corrected chi connectivity index (χ0v) is 15.0. The summed E-state index contributed by atoms with van der Waals surface area (Å²) in [5, 5.41) is 8.31. The van der Waals surface area contributed by atoms with Crippen LogP contribution in [-0.4, -0.2) is 77.7 Å². The summed E-state index contributed by atoms with van der Waals surface area (Å²) in [6.45, 7) is 5.74. The zero-order chi connectivity index (χ0) is 17.8. The summed E-state index contributed by atoms with van der Waals surface area (Å²) in [5.74, 6) is 0.782. The molecule has 3 rings (SSSR count). The van der Waals surface area contributed by atoms with Crippen LogP contribution in [0.2, 0.25) is 0 Å². The number of benzene rings is 1. The average Bonchev–Trinajstić information content (AvgIpc) is 2.63. The van der Waals surface area contributed by atoms with Gasteiger partial charge in [0.15, 0.2) is 0 Å². The van der Waals surface area contributed by atoms with E-state index >= 15 is 0 Å². The molecule has 7 nitrogen and oxygen atoms in total. The van der Waals surface area contributed by atoms with Crippen LogP contribution in [0, 0.1) is 6.92 Å². The van der Waals surface area contributed by atoms with Crippen LogP contribution in [-0.2, 0) is 4.79 Å². The molecule has 1 amide bonds. The van der Waals surface area contributed by atoms with Gasteiger partial charge in [0.25, 0.3) is 0 Å². The summed E-state index contributed by atoms with van der Waals surface area (Å²) >= 11 is 0. The van der Waals surface area contributed by atoms with Gasteiger partial charge in [0.1, 0.15) is 0 Å². The van der Waals surface area contributed by atoms with Crippen molar-refractivity contribution in [3.63, 3.8) is 0 Å². The lowest BCUT2D eigenvalue weighted by atomic mass is 10.1. The Balaban J connectivity index is 1.65. The molecular weight excluding hydrogens is 316 g/mol. The van der Waals surface area contributed by atoms with Crippen molar-refractivity contribution in [2.24, 2.45) is 0 Å². The van der Waals surface area contributed by atoms with E-state index in [-0.39, 0.29) is 5.91 Å². The third kappa shape index (κ3) is 4.30. The lowest BCUT2D eigenvalue weighted by molar-refractivity contribution is -0.129. The maximum Gasteiger partial charge on any atom is 0.245 e. The first-order valence-corrected chi connectivity index (χ1v) is 8.47. The monoisotopic (exact) mass is 340 g/mol. The lowest BCUT2D eigenvalue weighted by Gasteiger charge is -2.34. The predicted molar refractivity (Wildman–Crippen MR) is 97.3 cm³/mol. The fourth-order valence-corrected chi connectivity index (χ4v) is 2.73. The quantitative estimate of drug-likeness (QED) is 0.829. The lowest BCUT2D eigenvalue weighted by Crippen LogP contribution is -2.49. The topological polar surface area (TPSA) is 65.5 Å². The van der Waals surface area contributed by atoms with E-state index in [1.54, 1.807) is 25.2 Å². The van der Waals surface area contributed by atoms with Gasteiger partial charge in [-0.25, -0.2) is 4.98 Å². The van der Waals surface area contributed by atoms with E-state index in [0.717, 1.165) is 37.4 Å². The van der Waals surface area contributed by atoms with Crippen molar-refractivity contribution in [3.05, 3.63) is 36.0 Å². The summed E-state index contributed by atoms with van der Waals surface area (Å²) in [6, 6.07) is 8.23. The SMILES string of the molecule is Cc1ccc(-c2cnnc(N3CCN(CC(=O)N(C)C)CC3)n2)cc1. The molecule has 0 N–H and O–H groups in total. The Morgan fingerprint density at radius 1 is 1.12 bits per heavy atom. The third-order valence-corrected chi connectivity index (χ3v) is 4.41. The van der Waals surface area contributed by atoms with Crippen LogP contribution >= 0.6 is 0 Å². The molecule has 1 saturated heterocycles. The normalized spacial score (nSPS) is 15.2. The van der Waals surface area contributed by atoms with Gasteiger partial charge >= 0.3 is 0 Å². The van der Waals surface area contributed by atoms with Gasteiger partial charge in [-0.15, -0.1) is 5.10 Å². The fraction of sp³-hybridized carbons (Fsp3) is 0.444. The first kappa shape index (κ1) is 17.3. The number of piperazine rings is 1. The molecule has 1 aromatic carbocycles. The van der Waals surface area contributed by atoms with Crippen molar-refractivity contribution in [3.8, 4) is 11.3 Å². The number of hydrogen-bond donors (Lipinski definition) is 0. The molecule has 0 unspecified atom stereocenters. The van der Waals surface area contributed by atoms with Gasteiger partial charge in [-0.05, 0) is 6.92 Å². The van der Waals surface area contributed by atoms with Crippen LogP contribution in [0.3, 0.4) is 0 Å². The van der Waals surface area contributed by atoms with Crippen LogP contribution in [0.5, 0.6) is 0 Å². The summed E-state index contributed by atoms with van der Waals surface area (Å²) in [5.41, 5.74) is 3.08. The highest BCUT2D eigenvalue weighted by atomic mass is 16.2. The van der Waals surface area contributed by atoms with Crippen molar-refractivity contribution < 1.29 is 4.79 Å². The van der Waals surface area contributed by atoms with Gasteiger partial charge in [0.2, 0.25) is 11.9 Å². The molecule has 0 aliphatic carbocycles. The van der Waals surface area contributed by atoms with Crippen LogP contribution in [0.25, 0.3) is 11.3 Å². The molecule has 2 heterocycles. The van der Waals surface area contributed by atoms with Gasteiger partial charge in [-0.2, -0.15) is 5.10 Å². The molecule has 25 heavy (non-hydrogen) atoms. The third-order valence-electron chi connectivity index (χ3n) is 4.41. The van der Waals surface area contributed by atoms with E-state index in [1.807, 2.05) is 12.1 Å². The number of aromatic nitrogens is 3. The van der Waals surface area contributed by atoms with E-state index < -0.39 is 0 Å². The zero-order valence-electron chi connectivity index (χ0n) is 15.0. The molecular formula is C18H24N6O. The second kappa shape index (κ2) is 7.57. The molecule has 7 heteroatoms. The minimum atomic E-state index is 0.132. The van der Waals surface area contributed by atoms with Crippen molar-refractivity contribution in [1.82, 2.24) is 25.0 Å². The Hall–Kier alpha value is -2.54. The number of amides is 1. The number of nitrogens with zero attached hydrogens (tertiary/aromatic N) is 6. The van der Waals surface area contributed by atoms with Crippen molar-refractivity contribution >= 4 is 11.9 Å². The summed E-state index contributed by atoms with van der Waals surface area (Å²) < 4.78 is 0. The van der Waals surface area contributed by atoms with Gasteiger partial charge in [0, 0.05) is 45.8 Å². The van der Waals surface area contributed by atoms with Gasteiger partial charge in [-0.1, -0.05) is 29.8 Å². The smallest absolute Gasteiger partial charge is 0.245 e. The molecule has 1 aromatic heterocycles. The average molecular weight is 340 g/mol. The molecule has 1 fully saturated rings. The first-order valence-electron chi connectivity index (χ1n) is 8.47. The summed E-state index contributed by atoms with van der Waals surface area (Å²) in [7, 11) is 3.57. The predicted octanol–water partition coefficient (Wildman–Crippen LogP) is 1.06. The Bertz CT molecular complexity index is 723. The fourth-order valence-electron chi connectivity index (χ4n) is 2.73. The van der Waals surface area contributed by atoms with E-state index in [2.05, 4.69) is 44.0 Å². The maximum absolute atomic E-state index is 11.8. The highest BCUT2D eigenvalue weighted by Crippen LogP contribution is 2.19. The van der Waals surface area contributed by atoms with Crippen LogP contribution in [0.1, 0.15) is 5.56 Å².